The van der Waals surface area contributed by atoms with Crippen LogP contribution in [0.15, 0.2) is 24.2 Å². The standard InChI is InChI=1S/C12H19FN2O2/c1-3-10(13)11(4-2)14-5-7-15(8-6-14)12(17)9-16/h4,16H,2-3,5-9H2,1H3/b11-10-. The van der Waals surface area contributed by atoms with E-state index < -0.39 is 6.61 Å². The lowest BCUT2D eigenvalue weighted by Gasteiger charge is -2.36. The minimum Gasteiger partial charge on any atom is -0.387 e. The van der Waals surface area contributed by atoms with Crippen LogP contribution in [0.3, 0.4) is 0 Å². The topological polar surface area (TPSA) is 43.8 Å². The predicted octanol–water partition coefficient (Wildman–Crippen LogP) is 0.900. The summed E-state index contributed by atoms with van der Waals surface area (Å²) < 4.78 is 13.5. The molecule has 0 aromatic rings. The SMILES string of the molecule is C=C/C(=C(/F)CC)N1CCN(C(=O)CO)CC1. The maximum Gasteiger partial charge on any atom is 0.248 e. The molecule has 0 saturated carbocycles. The van der Waals surface area contributed by atoms with Crippen molar-refractivity contribution in [3.05, 3.63) is 24.2 Å². The first kappa shape index (κ1) is 13.7. The Kier molecular flexibility index (Phi) is 5.15. The van der Waals surface area contributed by atoms with E-state index in [2.05, 4.69) is 6.58 Å². The highest BCUT2D eigenvalue weighted by Gasteiger charge is 2.22. The van der Waals surface area contributed by atoms with Crippen molar-refractivity contribution in [3.63, 3.8) is 0 Å². The van der Waals surface area contributed by atoms with Crippen LogP contribution in [0.1, 0.15) is 13.3 Å². The van der Waals surface area contributed by atoms with Crippen LogP contribution in [-0.4, -0.2) is 53.6 Å². The van der Waals surface area contributed by atoms with Crippen LogP contribution < -0.4 is 0 Å². The van der Waals surface area contributed by atoms with Crippen molar-refractivity contribution >= 4 is 5.91 Å². The van der Waals surface area contributed by atoms with Crippen molar-refractivity contribution in [2.75, 3.05) is 32.8 Å². The van der Waals surface area contributed by atoms with E-state index >= 15 is 0 Å². The Morgan fingerprint density at radius 3 is 2.29 bits per heavy atom. The van der Waals surface area contributed by atoms with Gasteiger partial charge < -0.3 is 14.9 Å². The van der Waals surface area contributed by atoms with E-state index in [0.29, 0.717) is 38.3 Å². The average molecular weight is 242 g/mol. The molecule has 0 unspecified atom stereocenters. The van der Waals surface area contributed by atoms with E-state index in [9.17, 15) is 9.18 Å². The van der Waals surface area contributed by atoms with Crippen LogP contribution in [-0.2, 0) is 4.79 Å². The van der Waals surface area contributed by atoms with Crippen molar-refractivity contribution in [2.24, 2.45) is 0 Å². The summed E-state index contributed by atoms with van der Waals surface area (Å²) in [4.78, 5) is 14.7. The molecule has 0 aromatic heterocycles. The predicted molar refractivity (Wildman–Crippen MR) is 63.9 cm³/mol. The quantitative estimate of drug-likeness (QED) is 0.745. The molecular formula is C12H19FN2O2. The number of aliphatic hydroxyl groups is 1. The van der Waals surface area contributed by atoms with E-state index in [1.54, 1.807) is 11.8 Å². The minimum absolute atomic E-state index is 0.179. The average Bonchev–Trinajstić information content (AvgIpc) is 2.39. The number of carbonyl (C=O) groups excluding carboxylic acids is 1. The lowest BCUT2D eigenvalue weighted by Crippen LogP contribution is -2.49. The molecule has 0 aliphatic carbocycles. The summed E-state index contributed by atoms with van der Waals surface area (Å²) >= 11 is 0. The lowest BCUT2D eigenvalue weighted by molar-refractivity contribution is -0.135. The van der Waals surface area contributed by atoms with Crippen molar-refractivity contribution in [2.45, 2.75) is 13.3 Å². The van der Waals surface area contributed by atoms with Gasteiger partial charge in [-0.3, -0.25) is 4.79 Å². The van der Waals surface area contributed by atoms with Gasteiger partial charge in [-0.25, -0.2) is 4.39 Å². The van der Waals surface area contributed by atoms with Gasteiger partial charge in [-0.1, -0.05) is 13.5 Å². The normalized spacial score (nSPS) is 17.8. The molecule has 96 valence electrons. The molecule has 1 N–H and O–H groups in total. The summed E-state index contributed by atoms with van der Waals surface area (Å²) in [5.41, 5.74) is 0.517. The highest BCUT2D eigenvalue weighted by Crippen LogP contribution is 2.17. The number of halogens is 1. The van der Waals surface area contributed by atoms with E-state index in [1.807, 2.05) is 4.90 Å². The molecule has 1 amide bonds. The van der Waals surface area contributed by atoms with Gasteiger partial charge in [-0.05, 0) is 12.5 Å². The van der Waals surface area contributed by atoms with Crippen LogP contribution >= 0.6 is 0 Å². The van der Waals surface area contributed by atoms with E-state index in [1.165, 1.54) is 6.08 Å². The Labute approximate surface area is 101 Å². The fourth-order valence-corrected chi connectivity index (χ4v) is 1.89. The molecule has 1 fully saturated rings. The van der Waals surface area contributed by atoms with Gasteiger partial charge in [0.1, 0.15) is 12.4 Å². The van der Waals surface area contributed by atoms with Crippen molar-refractivity contribution < 1.29 is 14.3 Å². The van der Waals surface area contributed by atoms with Gasteiger partial charge in [0, 0.05) is 26.2 Å². The summed E-state index contributed by atoms with van der Waals surface area (Å²) in [6.07, 6.45) is 1.86. The fourth-order valence-electron chi connectivity index (χ4n) is 1.89. The van der Waals surface area contributed by atoms with Crippen molar-refractivity contribution in [1.82, 2.24) is 9.80 Å². The molecule has 17 heavy (non-hydrogen) atoms. The van der Waals surface area contributed by atoms with Crippen molar-refractivity contribution in [3.8, 4) is 0 Å². The first-order valence-corrected chi connectivity index (χ1v) is 5.78. The Balaban J connectivity index is 2.63. The zero-order valence-corrected chi connectivity index (χ0v) is 10.2. The smallest absolute Gasteiger partial charge is 0.248 e. The molecule has 0 bridgehead atoms. The van der Waals surface area contributed by atoms with E-state index in [4.69, 9.17) is 5.11 Å². The van der Waals surface area contributed by atoms with Gasteiger partial charge in [-0.2, -0.15) is 0 Å². The molecule has 5 heteroatoms. The van der Waals surface area contributed by atoms with Gasteiger partial charge >= 0.3 is 0 Å². The number of aliphatic hydroxyl groups excluding tert-OH is 1. The summed E-state index contributed by atoms with van der Waals surface area (Å²) in [5, 5.41) is 8.74. The Hall–Kier alpha value is -1.36. The van der Waals surface area contributed by atoms with Crippen LogP contribution in [0.2, 0.25) is 0 Å². The molecule has 1 heterocycles. The van der Waals surface area contributed by atoms with Gasteiger partial charge in [0.2, 0.25) is 5.91 Å². The first-order valence-electron chi connectivity index (χ1n) is 5.78. The summed E-state index contributed by atoms with van der Waals surface area (Å²) in [5.74, 6) is -0.452. The maximum atomic E-state index is 13.5. The summed E-state index contributed by atoms with van der Waals surface area (Å²) in [6.45, 7) is 7.06. The molecule has 0 spiro atoms. The third kappa shape index (κ3) is 3.30. The monoisotopic (exact) mass is 242 g/mol. The summed E-state index contributed by atoms with van der Waals surface area (Å²) in [7, 11) is 0. The molecular weight excluding hydrogens is 223 g/mol. The highest BCUT2D eigenvalue weighted by atomic mass is 19.1. The highest BCUT2D eigenvalue weighted by molar-refractivity contribution is 5.77. The molecule has 0 aromatic carbocycles. The Bertz CT molecular complexity index is 320. The number of hydrogen-bond acceptors (Lipinski definition) is 3. The van der Waals surface area contributed by atoms with Crippen LogP contribution in [0.25, 0.3) is 0 Å². The second kappa shape index (κ2) is 6.39. The third-order valence-corrected chi connectivity index (χ3v) is 2.89. The Morgan fingerprint density at radius 1 is 1.35 bits per heavy atom. The summed E-state index contributed by atoms with van der Waals surface area (Å²) in [6, 6.07) is 0. The van der Waals surface area contributed by atoms with E-state index in [-0.39, 0.29) is 11.7 Å². The first-order chi connectivity index (χ1) is 8.13. The van der Waals surface area contributed by atoms with Crippen LogP contribution in [0, 0.1) is 0 Å². The Morgan fingerprint density at radius 2 is 1.88 bits per heavy atom. The number of amides is 1. The van der Waals surface area contributed by atoms with Gasteiger partial charge in [0.15, 0.2) is 0 Å². The zero-order chi connectivity index (χ0) is 12.8. The number of allylic oxidation sites excluding steroid dienone is 2. The second-order valence-electron chi connectivity index (χ2n) is 3.87. The van der Waals surface area contributed by atoms with Crippen LogP contribution in [0.5, 0.6) is 0 Å². The van der Waals surface area contributed by atoms with Gasteiger partial charge in [-0.15, -0.1) is 0 Å². The third-order valence-electron chi connectivity index (χ3n) is 2.89. The minimum atomic E-state index is -0.465. The zero-order valence-electron chi connectivity index (χ0n) is 10.2. The van der Waals surface area contributed by atoms with E-state index in [0.717, 1.165) is 0 Å². The number of rotatable bonds is 4. The largest absolute Gasteiger partial charge is 0.387 e. The molecule has 4 nitrogen and oxygen atoms in total. The van der Waals surface area contributed by atoms with Crippen molar-refractivity contribution in [1.29, 1.82) is 0 Å². The number of carbonyl (C=O) groups is 1. The van der Waals surface area contributed by atoms with Gasteiger partial charge in [0.25, 0.3) is 0 Å². The molecule has 1 aliphatic rings. The molecule has 1 saturated heterocycles. The second-order valence-corrected chi connectivity index (χ2v) is 3.87. The lowest BCUT2D eigenvalue weighted by atomic mass is 10.2. The number of piperazine rings is 1. The van der Waals surface area contributed by atoms with Crippen LogP contribution in [0.4, 0.5) is 4.39 Å². The maximum absolute atomic E-state index is 13.5. The number of hydrogen-bond donors (Lipinski definition) is 1. The molecule has 0 radical (unpaired) electrons. The molecule has 1 rings (SSSR count). The van der Waals surface area contributed by atoms with Gasteiger partial charge in [0.05, 0.1) is 5.70 Å². The fraction of sp³-hybridized carbons (Fsp3) is 0.583. The molecule has 1 aliphatic heterocycles. The number of nitrogens with zero attached hydrogens (tertiary/aromatic N) is 2. The molecule has 0 atom stereocenters.